The quantitative estimate of drug-likeness (QED) is 0.772. The number of esters is 1. The molecular formula is C15H14BrNO4. The third-order valence-electron chi connectivity index (χ3n) is 2.71. The zero-order valence-corrected chi connectivity index (χ0v) is 13.3. The molecule has 2 heterocycles. The second kappa shape index (κ2) is 6.67. The highest BCUT2D eigenvalue weighted by molar-refractivity contribution is 9.10. The van der Waals surface area contributed by atoms with Crippen LogP contribution in [0.4, 0.5) is 0 Å². The van der Waals surface area contributed by atoms with Crippen LogP contribution in [0.2, 0.25) is 0 Å². The predicted molar refractivity (Wildman–Crippen MR) is 80.0 cm³/mol. The van der Waals surface area contributed by atoms with Crippen LogP contribution in [0.25, 0.3) is 11.3 Å². The summed E-state index contributed by atoms with van der Waals surface area (Å²) in [4.78, 5) is 27.0. The lowest BCUT2D eigenvalue weighted by molar-refractivity contribution is -0.116. The van der Waals surface area contributed by atoms with Crippen LogP contribution in [0.1, 0.15) is 29.9 Å². The molecule has 6 heteroatoms. The number of nitrogens with zero attached hydrogens (tertiary/aromatic N) is 1. The minimum absolute atomic E-state index is 0.0347. The van der Waals surface area contributed by atoms with Gasteiger partial charge >= 0.3 is 5.97 Å². The van der Waals surface area contributed by atoms with Gasteiger partial charge in [-0.1, -0.05) is 0 Å². The second-order valence-corrected chi connectivity index (χ2v) is 5.15. The molecule has 110 valence electrons. The van der Waals surface area contributed by atoms with Crippen molar-refractivity contribution in [1.82, 2.24) is 4.98 Å². The molecule has 0 saturated heterocycles. The number of furan rings is 1. The maximum absolute atomic E-state index is 11.8. The first-order valence-corrected chi connectivity index (χ1v) is 7.21. The number of pyridine rings is 1. The van der Waals surface area contributed by atoms with Crippen LogP contribution in [-0.2, 0) is 16.0 Å². The third kappa shape index (κ3) is 3.78. The number of hydrogen-bond acceptors (Lipinski definition) is 5. The Balaban J connectivity index is 2.32. The molecule has 0 aromatic carbocycles. The van der Waals surface area contributed by atoms with Gasteiger partial charge in [0.05, 0.1) is 6.61 Å². The zero-order chi connectivity index (χ0) is 15.4. The predicted octanol–water partition coefficient (Wildman–Crippen LogP) is 3.41. The van der Waals surface area contributed by atoms with Gasteiger partial charge in [0.25, 0.3) is 0 Å². The Hall–Kier alpha value is -1.95. The Morgan fingerprint density at radius 1 is 1.38 bits per heavy atom. The first kappa shape index (κ1) is 15.4. The lowest BCUT2D eigenvalue weighted by Gasteiger charge is -2.00. The summed E-state index contributed by atoms with van der Waals surface area (Å²) in [5.41, 5.74) is 1.74. The van der Waals surface area contributed by atoms with Crippen molar-refractivity contribution in [2.24, 2.45) is 0 Å². The molecule has 5 nitrogen and oxygen atoms in total. The van der Waals surface area contributed by atoms with Gasteiger partial charge in [-0.3, -0.25) is 9.78 Å². The van der Waals surface area contributed by atoms with Crippen molar-refractivity contribution < 1.29 is 18.7 Å². The summed E-state index contributed by atoms with van der Waals surface area (Å²) in [5, 5.41) is 0. The largest absolute Gasteiger partial charge is 0.462 e. The summed E-state index contributed by atoms with van der Waals surface area (Å²) < 4.78 is 10.8. The SMILES string of the molecule is CCOC(=O)c1cc(-c2ccnc(CC(C)=O)c2)oc1Br. The van der Waals surface area contributed by atoms with Crippen molar-refractivity contribution >= 4 is 27.7 Å². The number of ketones is 1. The van der Waals surface area contributed by atoms with Crippen LogP contribution >= 0.6 is 15.9 Å². The van der Waals surface area contributed by atoms with Crippen LogP contribution in [0.15, 0.2) is 33.5 Å². The van der Waals surface area contributed by atoms with E-state index in [-0.39, 0.29) is 12.2 Å². The molecule has 0 bridgehead atoms. The molecule has 0 N–H and O–H groups in total. The van der Waals surface area contributed by atoms with E-state index in [1.54, 1.807) is 31.3 Å². The van der Waals surface area contributed by atoms with Gasteiger partial charge in [0.1, 0.15) is 17.1 Å². The molecule has 0 atom stereocenters. The molecule has 0 spiro atoms. The lowest BCUT2D eigenvalue weighted by atomic mass is 10.1. The number of rotatable bonds is 5. The smallest absolute Gasteiger partial charge is 0.342 e. The van der Waals surface area contributed by atoms with Crippen molar-refractivity contribution in [3.8, 4) is 11.3 Å². The molecule has 0 aliphatic rings. The molecule has 0 fully saturated rings. The maximum Gasteiger partial charge on any atom is 0.342 e. The van der Waals surface area contributed by atoms with Crippen LogP contribution in [0.3, 0.4) is 0 Å². The van der Waals surface area contributed by atoms with E-state index in [9.17, 15) is 9.59 Å². The third-order valence-corrected chi connectivity index (χ3v) is 3.30. The van der Waals surface area contributed by atoms with Crippen LogP contribution in [-0.4, -0.2) is 23.3 Å². The van der Waals surface area contributed by atoms with E-state index in [2.05, 4.69) is 20.9 Å². The van der Waals surface area contributed by atoms with Crippen molar-refractivity contribution in [1.29, 1.82) is 0 Å². The average Bonchev–Trinajstić information content (AvgIpc) is 2.81. The summed E-state index contributed by atoms with van der Waals surface area (Å²) in [6.07, 6.45) is 1.87. The van der Waals surface area contributed by atoms with Crippen molar-refractivity contribution in [2.45, 2.75) is 20.3 Å². The van der Waals surface area contributed by atoms with E-state index in [1.165, 1.54) is 6.92 Å². The minimum atomic E-state index is -0.447. The molecule has 0 unspecified atom stereocenters. The Kier molecular flexibility index (Phi) is 4.90. The minimum Gasteiger partial charge on any atom is -0.462 e. The normalized spacial score (nSPS) is 10.4. The highest BCUT2D eigenvalue weighted by Crippen LogP contribution is 2.30. The zero-order valence-electron chi connectivity index (χ0n) is 11.7. The van der Waals surface area contributed by atoms with Gasteiger partial charge in [-0.2, -0.15) is 0 Å². The average molecular weight is 352 g/mol. The molecule has 0 aliphatic heterocycles. The van der Waals surface area contributed by atoms with Gasteiger partial charge in [0, 0.05) is 29.9 Å². The van der Waals surface area contributed by atoms with Gasteiger partial charge < -0.3 is 9.15 Å². The molecule has 0 amide bonds. The monoisotopic (exact) mass is 351 g/mol. The molecule has 0 saturated carbocycles. The number of hydrogen-bond donors (Lipinski definition) is 0. The Bertz CT molecular complexity index is 678. The van der Waals surface area contributed by atoms with E-state index >= 15 is 0 Å². The van der Waals surface area contributed by atoms with Crippen LogP contribution < -0.4 is 0 Å². The topological polar surface area (TPSA) is 69.4 Å². The highest BCUT2D eigenvalue weighted by Gasteiger charge is 2.18. The lowest BCUT2D eigenvalue weighted by Crippen LogP contribution is -2.03. The molecule has 2 rings (SSSR count). The molecule has 0 radical (unpaired) electrons. The van der Waals surface area contributed by atoms with Crippen LogP contribution in [0.5, 0.6) is 0 Å². The fourth-order valence-electron chi connectivity index (χ4n) is 1.84. The Labute approximate surface area is 130 Å². The van der Waals surface area contributed by atoms with E-state index in [0.717, 1.165) is 5.56 Å². The van der Waals surface area contributed by atoms with Crippen LogP contribution in [0, 0.1) is 0 Å². The van der Waals surface area contributed by atoms with Gasteiger partial charge in [-0.15, -0.1) is 0 Å². The van der Waals surface area contributed by atoms with Crippen molar-refractivity contribution in [2.75, 3.05) is 6.61 Å². The highest BCUT2D eigenvalue weighted by atomic mass is 79.9. The van der Waals surface area contributed by atoms with E-state index < -0.39 is 5.97 Å². The number of aromatic nitrogens is 1. The fraction of sp³-hybridized carbons (Fsp3) is 0.267. The molecule has 2 aromatic heterocycles. The maximum atomic E-state index is 11.8. The summed E-state index contributed by atoms with van der Waals surface area (Å²) in [7, 11) is 0. The summed E-state index contributed by atoms with van der Waals surface area (Å²) in [5.74, 6) is 0.0991. The molecule has 2 aromatic rings. The number of ether oxygens (including phenoxy) is 1. The summed E-state index contributed by atoms with van der Waals surface area (Å²) >= 11 is 3.21. The van der Waals surface area contributed by atoms with Gasteiger partial charge in [0.15, 0.2) is 4.67 Å². The van der Waals surface area contributed by atoms with E-state index in [4.69, 9.17) is 9.15 Å². The number of carbonyl (C=O) groups excluding carboxylic acids is 2. The van der Waals surface area contributed by atoms with Gasteiger partial charge in [-0.05, 0) is 41.9 Å². The summed E-state index contributed by atoms with van der Waals surface area (Å²) in [6, 6.07) is 5.13. The first-order chi connectivity index (χ1) is 10.0. The van der Waals surface area contributed by atoms with E-state index in [0.29, 0.717) is 28.3 Å². The second-order valence-electron chi connectivity index (χ2n) is 4.43. The number of Topliss-reactive ketones (excluding diaryl/α,β-unsaturated/α-hetero) is 1. The molecule has 0 aliphatic carbocycles. The molecular weight excluding hydrogens is 338 g/mol. The van der Waals surface area contributed by atoms with Gasteiger partial charge in [0.2, 0.25) is 0 Å². The standard InChI is InChI=1S/C15H14BrNO4/c1-3-20-15(19)12-8-13(21-14(12)16)10-4-5-17-11(7-10)6-9(2)18/h4-5,7-8H,3,6H2,1-2H3. The van der Waals surface area contributed by atoms with Gasteiger partial charge in [-0.25, -0.2) is 4.79 Å². The van der Waals surface area contributed by atoms with E-state index in [1.807, 2.05) is 0 Å². The van der Waals surface area contributed by atoms with Crippen molar-refractivity contribution in [3.63, 3.8) is 0 Å². The summed E-state index contributed by atoms with van der Waals surface area (Å²) in [6.45, 7) is 3.55. The number of halogens is 1. The fourth-order valence-corrected chi connectivity index (χ4v) is 2.29. The number of carbonyl (C=O) groups is 2. The van der Waals surface area contributed by atoms with Crippen molar-refractivity contribution in [3.05, 3.63) is 40.3 Å². The molecule has 21 heavy (non-hydrogen) atoms. The Morgan fingerprint density at radius 3 is 2.81 bits per heavy atom. The Morgan fingerprint density at radius 2 is 2.14 bits per heavy atom. The first-order valence-electron chi connectivity index (χ1n) is 6.42.